The number of anilines is 1. The Morgan fingerprint density at radius 1 is 1.19 bits per heavy atom. The molecular weight excluding hydrogens is 426 g/mol. The average Bonchev–Trinajstić information content (AvgIpc) is 3.16. The van der Waals surface area contributed by atoms with Crippen LogP contribution in [0.4, 0.5) is 5.69 Å². The van der Waals surface area contributed by atoms with E-state index >= 15 is 0 Å². The highest BCUT2D eigenvalue weighted by Gasteiger charge is 2.28. The molecule has 2 aromatic carbocycles. The Labute approximate surface area is 192 Å². The zero-order valence-electron chi connectivity index (χ0n) is 18.4. The number of piperidine rings is 1. The molecule has 32 heavy (non-hydrogen) atoms. The van der Waals surface area contributed by atoms with Crippen molar-refractivity contribution in [2.45, 2.75) is 32.2 Å². The van der Waals surface area contributed by atoms with E-state index in [2.05, 4.69) is 39.5 Å². The Morgan fingerprint density at radius 2 is 1.91 bits per heavy atom. The van der Waals surface area contributed by atoms with Gasteiger partial charge in [-0.15, -0.1) is 0 Å². The van der Waals surface area contributed by atoms with Gasteiger partial charge in [0, 0.05) is 15.9 Å². The first-order valence-electron chi connectivity index (χ1n) is 10.9. The average molecular weight is 454 g/mol. The van der Waals surface area contributed by atoms with E-state index in [1.165, 1.54) is 12.7 Å². The number of H-pyrrole nitrogens is 1. The number of esters is 1. The fourth-order valence-corrected chi connectivity index (χ4v) is 4.61. The van der Waals surface area contributed by atoms with Crippen LogP contribution in [0.1, 0.15) is 35.8 Å². The molecule has 2 heterocycles. The summed E-state index contributed by atoms with van der Waals surface area (Å²) in [5, 5.41) is 4.16. The van der Waals surface area contributed by atoms with Crippen LogP contribution in [0.3, 0.4) is 0 Å². The van der Waals surface area contributed by atoms with Crippen LogP contribution in [0.2, 0.25) is 5.02 Å². The van der Waals surface area contributed by atoms with Gasteiger partial charge in [-0.1, -0.05) is 41.9 Å². The highest BCUT2D eigenvalue weighted by molar-refractivity contribution is 6.31. The number of ether oxygens (including phenoxy) is 1. The molecule has 0 unspecified atom stereocenters. The fourth-order valence-electron chi connectivity index (χ4n) is 4.43. The standard InChI is InChI=1S/C25H28ClN3O3/c1-16(29-12-10-18(11-13-29)14-17-6-4-3-5-7-17)24(30)28-22-20-15-19(26)8-9-21(20)27-23(22)25(31)32-2/h3-9,15-16,18,27H,10-14H2,1-2H3,(H,28,30)/t16-/m0/s1. The van der Waals surface area contributed by atoms with E-state index < -0.39 is 5.97 Å². The number of hydrogen-bond acceptors (Lipinski definition) is 4. The van der Waals surface area contributed by atoms with Crippen molar-refractivity contribution in [1.82, 2.24) is 9.88 Å². The second kappa shape index (κ2) is 9.76. The number of rotatable bonds is 6. The molecule has 0 saturated carbocycles. The number of likely N-dealkylation sites (tertiary alicyclic amines) is 1. The second-order valence-electron chi connectivity index (χ2n) is 8.39. The molecule has 4 rings (SSSR count). The Kier molecular flexibility index (Phi) is 6.82. The Bertz CT molecular complexity index is 1100. The lowest BCUT2D eigenvalue weighted by Gasteiger charge is -2.35. The van der Waals surface area contributed by atoms with E-state index in [0.717, 1.165) is 32.4 Å². The third-order valence-electron chi connectivity index (χ3n) is 6.34. The fraction of sp³-hybridized carbons (Fsp3) is 0.360. The smallest absolute Gasteiger partial charge is 0.356 e. The summed E-state index contributed by atoms with van der Waals surface area (Å²) < 4.78 is 4.89. The van der Waals surface area contributed by atoms with E-state index in [4.69, 9.17) is 16.3 Å². The Hall–Kier alpha value is -2.83. The molecular formula is C25H28ClN3O3. The van der Waals surface area contributed by atoms with Crippen LogP contribution < -0.4 is 5.32 Å². The summed E-state index contributed by atoms with van der Waals surface area (Å²) in [6.45, 7) is 3.65. The van der Waals surface area contributed by atoms with E-state index in [0.29, 0.717) is 27.5 Å². The summed E-state index contributed by atoms with van der Waals surface area (Å²) in [5.41, 5.74) is 2.70. The molecule has 1 aliphatic rings. The van der Waals surface area contributed by atoms with E-state index in [1.54, 1.807) is 18.2 Å². The minimum Gasteiger partial charge on any atom is -0.464 e. The molecule has 0 spiro atoms. The predicted molar refractivity (Wildman–Crippen MR) is 127 cm³/mol. The first-order valence-corrected chi connectivity index (χ1v) is 11.3. The quantitative estimate of drug-likeness (QED) is 0.521. The van der Waals surface area contributed by atoms with Gasteiger partial charge in [0.25, 0.3) is 0 Å². The van der Waals surface area contributed by atoms with Crippen molar-refractivity contribution in [3.63, 3.8) is 0 Å². The number of hydrogen-bond donors (Lipinski definition) is 2. The summed E-state index contributed by atoms with van der Waals surface area (Å²) in [7, 11) is 1.31. The van der Waals surface area contributed by atoms with Gasteiger partial charge in [0.1, 0.15) is 5.69 Å². The summed E-state index contributed by atoms with van der Waals surface area (Å²) in [4.78, 5) is 30.6. The molecule has 0 bridgehead atoms. The Morgan fingerprint density at radius 3 is 2.59 bits per heavy atom. The lowest BCUT2D eigenvalue weighted by molar-refractivity contribution is -0.121. The van der Waals surface area contributed by atoms with Crippen LogP contribution in [-0.4, -0.2) is 48.0 Å². The van der Waals surface area contributed by atoms with Crippen molar-refractivity contribution >= 4 is 40.1 Å². The lowest BCUT2D eigenvalue weighted by atomic mass is 9.89. The van der Waals surface area contributed by atoms with Crippen molar-refractivity contribution < 1.29 is 14.3 Å². The molecule has 1 saturated heterocycles. The van der Waals surface area contributed by atoms with Gasteiger partial charge in [-0.25, -0.2) is 4.79 Å². The summed E-state index contributed by atoms with van der Waals surface area (Å²) in [5.74, 6) is -0.0647. The number of amides is 1. The van der Waals surface area contributed by atoms with Crippen molar-refractivity contribution in [2.75, 3.05) is 25.5 Å². The van der Waals surface area contributed by atoms with Crippen LogP contribution in [-0.2, 0) is 16.0 Å². The summed E-state index contributed by atoms with van der Waals surface area (Å²) in [6.07, 6.45) is 3.19. The number of aromatic nitrogens is 1. The van der Waals surface area contributed by atoms with Gasteiger partial charge in [0.2, 0.25) is 5.91 Å². The van der Waals surface area contributed by atoms with E-state index in [-0.39, 0.29) is 17.6 Å². The minimum absolute atomic E-state index is 0.155. The van der Waals surface area contributed by atoms with E-state index in [1.807, 2.05) is 13.0 Å². The van der Waals surface area contributed by atoms with Crippen molar-refractivity contribution in [1.29, 1.82) is 0 Å². The molecule has 1 amide bonds. The highest BCUT2D eigenvalue weighted by Crippen LogP contribution is 2.31. The van der Waals surface area contributed by atoms with Crippen LogP contribution >= 0.6 is 11.6 Å². The SMILES string of the molecule is COC(=O)c1[nH]c2ccc(Cl)cc2c1NC(=O)[C@H](C)N1CCC(Cc2ccccc2)CC1. The number of halogens is 1. The lowest BCUT2D eigenvalue weighted by Crippen LogP contribution is -2.46. The van der Waals surface area contributed by atoms with Gasteiger partial charge in [0.05, 0.1) is 18.8 Å². The first-order chi connectivity index (χ1) is 15.5. The third kappa shape index (κ3) is 4.81. The number of benzene rings is 2. The number of aromatic amines is 1. The summed E-state index contributed by atoms with van der Waals surface area (Å²) >= 11 is 6.15. The van der Waals surface area contributed by atoms with Gasteiger partial charge in [-0.05, 0) is 69.0 Å². The monoisotopic (exact) mass is 453 g/mol. The van der Waals surface area contributed by atoms with Gasteiger partial charge in [0.15, 0.2) is 0 Å². The number of fused-ring (bicyclic) bond motifs is 1. The molecule has 0 radical (unpaired) electrons. The van der Waals surface area contributed by atoms with Crippen LogP contribution in [0, 0.1) is 5.92 Å². The van der Waals surface area contributed by atoms with Crippen LogP contribution in [0.5, 0.6) is 0 Å². The maximum atomic E-state index is 13.1. The maximum Gasteiger partial charge on any atom is 0.356 e. The number of carbonyl (C=O) groups excluding carboxylic acids is 2. The van der Waals surface area contributed by atoms with Crippen molar-refractivity contribution in [3.05, 3.63) is 64.8 Å². The number of carbonyl (C=O) groups is 2. The normalized spacial score (nSPS) is 16.1. The number of methoxy groups -OCH3 is 1. The maximum absolute atomic E-state index is 13.1. The molecule has 1 fully saturated rings. The zero-order chi connectivity index (χ0) is 22.7. The van der Waals surface area contributed by atoms with Gasteiger partial charge < -0.3 is 15.0 Å². The predicted octanol–water partition coefficient (Wildman–Crippen LogP) is 4.89. The first kappa shape index (κ1) is 22.4. The summed E-state index contributed by atoms with van der Waals surface area (Å²) in [6, 6.07) is 15.5. The molecule has 1 aromatic heterocycles. The zero-order valence-corrected chi connectivity index (χ0v) is 19.1. The third-order valence-corrected chi connectivity index (χ3v) is 6.58. The van der Waals surface area contributed by atoms with Crippen LogP contribution in [0.25, 0.3) is 10.9 Å². The highest BCUT2D eigenvalue weighted by atomic mass is 35.5. The van der Waals surface area contributed by atoms with Crippen LogP contribution in [0.15, 0.2) is 48.5 Å². The van der Waals surface area contributed by atoms with Crippen molar-refractivity contribution in [2.24, 2.45) is 5.92 Å². The molecule has 6 nitrogen and oxygen atoms in total. The molecule has 1 aliphatic heterocycles. The molecule has 3 aromatic rings. The Balaban J connectivity index is 1.43. The molecule has 168 valence electrons. The largest absolute Gasteiger partial charge is 0.464 e. The van der Waals surface area contributed by atoms with Gasteiger partial charge in [-0.3, -0.25) is 9.69 Å². The van der Waals surface area contributed by atoms with Gasteiger partial charge >= 0.3 is 5.97 Å². The van der Waals surface area contributed by atoms with E-state index in [9.17, 15) is 9.59 Å². The molecule has 2 N–H and O–H groups in total. The van der Waals surface area contributed by atoms with Gasteiger partial charge in [-0.2, -0.15) is 0 Å². The number of nitrogens with zero attached hydrogens (tertiary/aromatic N) is 1. The molecule has 7 heteroatoms. The van der Waals surface area contributed by atoms with Crippen molar-refractivity contribution in [3.8, 4) is 0 Å². The second-order valence-corrected chi connectivity index (χ2v) is 8.83. The molecule has 1 atom stereocenters. The molecule has 0 aliphatic carbocycles. The minimum atomic E-state index is -0.540. The topological polar surface area (TPSA) is 74.4 Å². The number of nitrogens with one attached hydrogen (secondary N) is 2.